The topological polar surface area (TPSA) is 127 Å². The lowest BCUT2D eigenvalue weighted by Gasteiger charge is -2.01. The number of imidazole rings is 1. The number of carbonyl (C=O) groups excluding carboxylic acids is 2. The first-order chi connectivity index (χ1) is 9.49. The van der Waals surface area contributed by atoms with Crippen LogP contribution in [0, 0.1) is 10.1 Å². The Labute approximate surface area is 114 Å². The molecule has 0 bridgehead atoms. The highest BCUT2D eigenvalue weighted by molar-refractivity contribution is 5.87. The minimum atomic E-state index is -0.630. The van der Waals surface area contributed by atoms with Gasteiger partial charge in [-0.3, -0.25) is 9.59 Å². The van der Waals surface area contributed by atoms with Crippen LogP contribution in [-0.4, -0.2) is 39.9 Å². The molecule has 1 amide bonds. The summed E-state index contributed by atoms with van der Waals surface area (Å²) in [5, 5.41) is 12.9. The summed E-state index contributed by atoms with van der Waals surface area (Å²) < 4.78 is 4.64. The predicted octanol–water partition coefficient (Wildman–Crippen LogP) is 0.0959. The van der Waals surface area contributed by atoms with Crippen molar-refractivity contribution in [3.05, 3.63) is 34.2 Å². The van der Waals surface area contributed by atoms with Crippen molar-refractivity contribution in [2.45, 2.75) is 13.3 Å². The zero-order valence-corrected chi connectivity index (χ0v) is 10.8. The minimum Gasteiger partial charge on any atom is -0.464 e. The molecule has 1 aromatic heterocycles. The molecule has 9 nitrogen and oxygen atoms in total. The average molecular weight is 282 g/mol. The lowest BCUT2D eigenvalue weighted by Crippen LogP contribution is -2.26. The van der Waals surface area contributed by atoms with Crippen LogP contribution >= 0.6 is 0 Å². The second kappa shape index (κ2) is 7.67. The summed E-state index contributed by atoms with van der Waals surface area (Å²) in [6.07, 6.45) is 4.48. The van der Waals surface area contributed by atoms with E-state index in [0.717, 1.165) is 0 Å². The van der Waals surface area contributed by atoms with E-state index in [-0.39, 0.29) is 25.0 Å². The van der Waals surface area contributed by atoms with Crippen LogP contribution < -0.4 is 5.32 Å². The van der Waals surface area contributed by atoms with Gasteiger partial charge < -0.3 is 20.2 Å². The number of aromatic nitrogens is 2. The van der Waals surface area contributed by atoms with E-state index in [4.69, 9.17) is 0 Å². The number of allylic oxidation sites excluding steroid dienone is 1. The molecule has 0 aliphatic carbocycles. The third-order valence-electron chi connectivity index (χ3n) is 2.10. The Morgan fingerprint density at radius 2 is 2.35 bits per heavy atom. The fraction of sp³-hybridized carbons (Fsp3) is 0.364. The van der Waals surface area contributed by atoms with Gasteiger partial charge in [-0.2, -0.15) is 0 Å². The van der Waals surface area contributed by atoms with Crippen LogP contribution in [0.1, 0.15) is 12.6 Å². The Hall–Kier alpha value is -2.71. The van der Waals surface area contributed by atoms with E-state index in [1.807, 2.05) is 0 Å². The Balaban J connectivity index is 2.27. The number of hydrogen-bond acceptors (Lipinski definition) is 6. The van der Waals surface area contributed by atoms with Crippen LogP contribution in [0.5, 0.6) is 0 Å². The smallest absolute Gasteiger partial charge is 0.432 e. The van der Waals surface area contributed by atoms with Gasteiger partial charge in [0, 0.05) is 13.3 Å². The molecule has 0 fully saturated rings. The van der Waals surface area contributed by atoms with E-state index in [0.29, 0.717) is 12.1 Å². The summed E-state index contributed by atoms with van der Waals surface area (Å²) in [6.45, 7) is 1.62. The molecule has 0 atom stereocenters. The van der Waals surface area contributed by atoms with Gasteiger partial charge in [0.25, 0.3) is 0 Å². The Bertz CT molecular complexity index is 523. The molecule has 0 aromatic carbocycles. The highest BCUT2D eigenvalue weighted by Crippen LogP contribution is 2.05. The zero-order chi connectivity index (χ0) is 15.0. The number of H-pyrrole nitrogens is 1. The molecule has 9 heteroatoms. The summed E-state index contributed by atoms with van der Waals surface area (Å²) in [4.78, 5) is 37.6. The van der Waals surface area contributed by atoms with Gasteiger partial charge in [-0.1, -0.05) is 11.1 Å². The second-order valence-corrected chi connectivity index (χ2v) is 3.73. The standard InChI is InChI=1S/C11H14N4O5/c1-8(16)20-6-5-12-10(17)4-2-3-9-7-13-11(14-9)15(18)19/h2,4,7H,3,5-6H2,1H3,(H,12,17)(H,13,14)/b4-2+. The van der Waals surface area contributed by atoms with E-state index < -0.39 is 10.9 Å². The number of nitrogens with one attached hydrogen (secondary N) is 2. The maximum absolute atomic E-state index is 11.3. The van der Waals surface area contributed by atoms with Gasteiger partial charge in [0.1, 0.15) is 18.5 Å². The van der Waals surface area contributed by atoms with Crippen molar-refractivity contribution in [2.24, 2.45) is 0 Å². The highest BCUT2D eigenvalue weighted by Gasteiger charge is 2.09. The number of nitrogens with zero attached hydrogens (tertiary/aromatic N) is 2. The fourth-order valence-corrected chi connectivity index (χ4v) is 1.26. The number of rotatable bonds is 7. The van der Waals surface area contributed by atoms with E-state index in [1.54, 1.807) is 6.08 Å². The first kappa shape index (κ1) is 15.3. The maximum Gasteiger partial charge on any atom is 0.432 e. The second-order valence-electron chi connectivity index (χ2n) is 3.73. The molecule has 0 spiro atoms. The molecule has 0 aliphatic rings. The number of amides is 1. The van der Waals surface area contributed by atoms with Crippen molar-refractivity contribution >= 4 is 17.8 Å². The van der Waals surface area contributed by atoms with Gasteiger partial charge in [0.2, 0.25) is 5.91 Å². The van der Waals surface area contributed by atoms with Gasteiger partial charge in [0.05, 0.1) is 6.54 Å². The van der Waals surface area contributed by atoms with E-state index in [1.165, 1.54) is 19.2 Å². The van der Waals surface area contributed by atoms with Crippen molar-refractivity contribution in [1.82, 2.24) is 15.3 Å². The van der Waals surface area contributed by atoms with Gasteiger partial charge in [-0.15, -0.1) is 0 Å². The van der Waals surface area contributed by atoms with Crippen LogP contribution in [0.3, 0.4) is 0 Å². The van der Waals surface area contributed by atoms with E-state index in [9.17, 15) is 19.7 Å². The predicted molar refractivity (Wildman–Crippen MR) is 67.7 cm³/mol. The normalized spacial score (nSPS) is 10.4. The molecule has 0 saturated carbocycles. The summed E-state index contributed by atoms with van der Waals surface area (Å²) in [5.41, 5.74) is 0.528. The monoisotopic (exact) mass is 282 g/mol. The number of aromatic amines is 1. The molecule has 20 heavy (non-hydrogen) atoms. The molecule has 108 valence electrons. The number of ether oxygens (including phenoxy) is 1. The Morgan fingerprint density at radius 1 is 1.60 bits per heavy atom. The molecule has 0 saturated heterocycles. The first-order valence-corrected chi connectivity index (χ1v) is 5.75. The van der Waals surface area contributed by atoms with Gasteiger partial charge in [-0.25, -0.2) is 4.98 Å². The van der Waals surface area contributed by atoms with Crippen LogP contribution in [0.4, 0.5) is 5.95 Å². The zero-order valence-electron chi connectivity index (χ0n) is 10.8. The summed E-state index contributed by atoms with van der Waals surface area (Å²) in [6, 6.07) is 0. The van der Waals surface area contributed by atoms with Crippen LogP contribution in [0.2, 0.25) is 0 Å². The summed E-state index contributed by atoms with van der Waals surface area (Å²) in [7, 11) is 0. The van der Waals surface area contributed by atoms with Crippen molar-refractivity contribution in [2.75, 3.05) is 13.2 Å². The largest absolute Gasteiger partial charge is 0.464 e. The average Bonchev–Trinajstić information content (AvgIpc) is 2.83. The van der Waals surface area contributed by atoms with Gasteiger partial charge in [-0.05, 0) is 11.0 Å². The number of hydrogen-bond donors (Lipinski definition) is 2. The molecule has 2 N–H and O–H groups in total. The molecule has 0 radical (unpaired) electrons. The van der Waals surface area contributed by atoms with Crippen molar-refractivity contribution in [1.29, 1.82) is 0 Å². The van der Waals surface area contributed by atoms with Crippen molar-refractivity contribution in [3.8, 4) is 0 Å². The Morgan fingerprint density at radius 3 is 2.95 bits per heavy atom. The van der Waals surface area contributed by atoms with E-state index in [2.05, 4.69) is 20.0 Å². The van der Waals surface area contributed by atoms with Crippen LogP contribution in [0.25, 0.3) is 0 Å². The first-order valence-electron chi connectivity index (χ1n) is 5.75. The van der Waals surface area contributed by atoms with Crippen LogP contribution in [0.15, 0.2) is 18.3 Å². The molecule has 0 unspecified atom stereocenters. The number of esters is 1. The molecular formula is C11H14N4O5. The SMILES string of the molecule is CC(=O)OCCNC(=O)/C=C/Cc1cnc([N+](=O)[O-])[nH]1. The highest BCUT2D eigenvalue weighted by atomic mass is 16.6. The van der Waals surface area contributed by atoms with E-state index >= 15 is 0 Å². The Kier molecular flexibility index (Phi) is 5.88. The van der Waals surface area contributed by atoms with Crippen molar-refractivity contribution < 1.29 is 19.2 Å². The van der Waals surface area contributed by atoms with Crippen LogP contribution in [-0.2, 0) is 20.7 Å². The number of nitro groups is 1. The molecule has 1 heterocycles. The molecule has 1 aromatic rings. The lowest BCUT2D eigenvalue weighted by atomic mass is 10.3. The maximum atomic E-state index is 11.3. The molecule has 1 rings (SSSR count). The summed E-state index contributed by atoms with van der Waals surface area (Å²) in [5.74, 6) is -1.08. The molecular weight excluding hydrogens is 268 g/mol. The third kappa shape index (κ3) is 5.76. The van der Waals surface area contributed by atoms with Gasteiger partial charge in [0.15, 0.2) is 0 Å². The third-order valence-corrected chi connectivity index (χ3v) is 2.10. The van der Waals surface area contributed by atoms with Crippen molar-refractivity contribution in [3.63, 3.8) is 0 Å². The number of carbonyl (C=O) groups is 2. The minimum absolute atomic E-state index is 0.113. The van der Waals surface area contributed by atoms with Gasteiger partial charge >= 0.3 is 11.9 Å². The molecule has 0 aliphatic heterocycles. The lowest BCUT2D eigenvalue weighted by molar-refractivity contribution is -0.393. The quantitative estimate of drug-likeness (QED) is 0.240. The summed E-state index contributed by atoms with van der Waals surface area (Å²) >= 11 is 0. The fourth-order valence-electron chi connectivity index (χ4n) is 1.26.